The minimum Gasteiger partial charge on any atom is -0.496 e. The van der Waals surface area contributed by atoms with Crippen LogP contribution in [0.4, 0.5) is 0 Å². The van der Waals surface area contributed by atoms with Crippen LogP contribution in [0.1, 0.15) is 31.2 Å². The van der Waals surface area contributed by atoms with Crippen molar-refractivity contribution >= 4 is 10.0 Å². The summed E-state index contributed by atoms with van der Waals surface area (Å²) in [5.41, 5.74) is 0.793. The third-order valence-electron chi connectivity index (χ3n) is 4.05. The SMILES string of the molecule is COc1ccc(S(=O)(=O)NCC2CCC(O)CC2)cc1C. The van der Waals surface area contributed by atoms with E-state index in [-0.39, 0.29) is 11.0 Å². The molecule has 6 heteroatoms. The van der Waals surface area contributed by atoms with E-state index in [0.717, 1.165) is 31.2 Å². The van der Waals surface area contributed by atoms with E-state index in [2.05, 4.69) is 4.72 Å². The van der Waals surface area contributed by atoms with Crippen molar-refractivity contribution in [2.75, 3.05) is 13.7 Å². The van der Waals surface area contributed by atoms with E-state index in [1.807, 2.05) is 6.92 Å². The molecule has 0 unspecified atom stereocenters. The van der Waals surface area contributed by atoms with Crippen molar-refractivity contribution in [2.45, 2.75) is 43.6 Å². The van der Waals surface area contributed by atoms with Gasteiger partial charge in [0.15, 0.2) is 0 Å². The molecule has 118 valence electrons. The van der Waals surface area contributed by atoms with E-state index < -0.39 is 10.0 Å². The minimum absolute atomic E-state index is 0.220. The topological polar surface area (TPSA) is 75.6 Å². The molecule has 21 heavy (non-hydrogen) atoms. The predicted octanol–water partition coefficient (Wildman–Crippen LogP) is 1.83. The van der Waals surface area contributed by atoms with Crippen LogP contribution in [-0.4, -0.2) is 33.3 Å². The molecule has 5 nitrogen and oxygen atoms in total. The normalized spacial score (nSPS) is 23.0. The van der Waals surface area contributed by atoms with Crippen molar-refractivity contribution in [3.8, 4) is 5.75 Å². The summed E-state index contributed by atoms with van der Waals surface area (Å²) in [4.78, 5) is 0.261. The Balaban J connectivity index is 2.00. The average molecular weight is 313 g/mol. The van der Waals surface area contributed by atoms with Crippen LogP contribution in [0.15, 0.2) is 23.1 Å². The highest BCUT2D eigenvalue weighted by Crippen LogP contribution is 2.25. The third kappa shape index (κ3) is 4.18. The summed E-state index contributed by atoms with van der Waals surface area (Å²) in [5, 5.41) is 9.46. The first-order chi connectivity index (χ1) is 9.92. The van der Waals surface area contributed by atoms with E-state index >= 15 is 0 Å². The largest absolute Gasteiger partial charge is 0.496 e. The maximum atomic E-state index is 12.3. The van der Waals surface area contributed by atoms with Gasteiger partial charge in [0.1, 0.15) is 5.75 Å². The van der Waals surface area contributed by atoms with Crippen LogP contribution in [0.5, 0.6) is 5.75 Å². The zero-order chi connectivity index (χ0) is 15.5. The maximum Gasteiger partial charge on any atom is 0.240 e. The van der Waals surface area contributed by atoms with Crippen molar-refractivity contribution in [1.29, 1.82) is 0 Å². The standard InChI is InChI=1S/C15H23NO4S/c1-11-9-14(7-8-15(11)20-2)21(18,19)16-10-12-3-5-13(17)6-4-12/h7-9,12-13,16-17H,3-6,10H2,1-2H3. The molecule has 1 aromatic rings. The molecule has 1 aliphatic rings. The molecule has 2 N–H and O–H groups in total. The van der Waals surface area contributed by atoms with Gasteiger partial charge in [-0.1, -0.05) is 0 Å². The van der Waals surface area contributed by atoms with E-state index in [4.69, 9.17) is 4.74 Å². The highest BCUT2D eigenvalue weighted by molar-refractivity contribution is 7.89. The fourth-order valence-electron chi connectivity index (χ4n) is 2.68. The number of aliphatic hydroxyl groups excluding tert-OH is 1. The van der Waals surface area contributed by atoms with Crippen molar-refractivity contribution < 1.29 is 18.3 Å². The van der Waals surface area contributed by atoms with Crippen molar-refractivity contribution in [3.63, 3.8) is 0 Å². The van der Waals surface area contributed by atoms with Gasteiger partial charge in [-0.15, -0.1) is 0 Å². The van der Waals surface area contributed by atoms with Crippen LogP contribution in [0.2, 0.25) is 0 Å². The number of ether oxygens (including phenoxy) is 1. The first-order valence-electron chi connectivity index (χ1n) is 7.24. The van der Waals surface area contributed by atoms with Crippen molar-refractivity contribution in [3.05, 3.63) is 23.8 Å². The summed E-state index contributed by atoms with van der Waals surface area (Å²) >= 11 is 0. The molecule has 1 fully saturated rings. The summed E-state index contributed by atoms with van der Waals surface area (Å²) in [6.07, 6.45) is 3.03. The molecular weight excluding hydrogens is 290 g/mol. The Morgan fingerprint density at radius 3 is 2.52 bits per heavy atom. The number of hydrogen-bond acceptors (Lipinski definition) is 4. The van der Waals surface area contributed by atoms with E-state index in [9.17, 15) is 13.5 Å². The molecule has 0 saturated heterocycles. The molecule has 0 bridgehead atoms. The number of aliphatic hydroxyl groups is 1. The molecule has 0 atom stereocenters. The summed E-state index contributed by atoms with van der Waals surface area (Å²) in [6.45, 7) is 2.25. The van der Waals surface area contributed by atoms with Gasteiger partial charge in [0, 0.05) is 6.54 Å². The van der Waals surface area contributed by atoms with E-state index in [0.29, 0.717) is 18.2 Å². The zero-order valence-corrected chi connectivity index (χ0v) is 13.3. The average Bonchev–Trinajstić information content (AvgIpc) is 2.46. The third-order valence-corrected chi connectivity index (χ3v) is 5.48. The van der Waals surface area contributed by atoms with Gasteiger partial charge in [-0.2, -0.15) is 0 Å². The number of hydrogen-bond donors (Lipinski definition) is 2. The number of methoxy groups -OCH3 is 1. The number of sulfonamides is 1. The van der Waals surface area contributed by atoms with Crippen LogP contribution in [0.25, 0.3) is 0 Å². The van der Waals surface area contributed by atoms with Gasteiger partial charge in [-0.25, -0.2) is 13.1 Å². The fraction of sp³-hybridized carbons (Fsp3) is 0.600. The maximum absolute atomic E-state index is 12.3. The Labute approximate surface area is 126 Å². The molecule has 1 aliphatic carbocycles. The van der Waals surface area contributed by atoms with Gasteiger partial charge in [0.2, 0.25) is 10.0 Å². The van der Waals surface area contributed by atoms with E-state index in [1.165, 1.54) is 0 Å². The quantitative estimate of drug-likeness (QED) is 0.869. The number of benzene rings is 1. The Bertz CT molecular complexity index is 577. The number of rotatable bonds is 5. The van der Waals surface area contributed by atoms with Crippen LogP contribution < -0.4 is 9.46 Å². The first-order valence-corrected chi connectivity index (χ1v) is 8.73. The molecule has 0 aliphatic heterocycles. The highest BCUT2D eigenvalue weighted by Gasteiger charge is 2.22. The molecule has 0 amide bonds. The second kappa shape index (κ2) is 6.77. The van der Waals surface area contributed by atoms with Gasteiger partial charge in [-0.05, 0) is 62.3 Å². The zero-order valence-electron chi connectivity index (χ0n) is 12.5. The van der Waals surface area contributed by atoms with Crippen LogP contribution in [0, 0.1) is 12.8 Å². The molecule has 0 heterocycles. The smallest absolute Gasteiger partial charge is 0.240 e. The van der Waals surface area contributed by atoms with Gasteiger partial charge in [0.05, 0.1) is 18.1 Å². The molecule has 2 rings (SSSR count). The minimum atomic E-state index is -3.49. The summed E-state index contributed by atoms with van der Waals surface area (Å²) < 4.78 is 32.4. The molecule has 0 spiro atoms. The lowest BCUT2D eigenvalue weighted by atomic mass is 9.88. The van der Waals surface area contributed by atoms with Crippen LogP contribution >= 0.6 is 0 Å². The van der Waals surface area contributed by atoms with Gasteiger partial charge < -0.3 is 9.84 Å². The Kier molecular flexibility index (Phi) is 5.24. The summed E-state index contributed by atoms with van der Waals surface area (Å²) in [6, 6.07) is 4.84. The Morgan fingerprint density at radius 1 is 1.29 bits per heavy atom. The number of aryl methyl sites for hydroxylation is 1. The first kappa shape index (κ1) is 16.3. The summed E-state index contributed by atoms with van der Waals surface area (Å²) in [7, 11) is -1.93. The van der Waals surface area contributed by atoms with Crippen molar-refractivity contribution in [1.82, 2.24) is 4.72 Å². The summed E-state index contributed by atoms with van der Waals surface area (Å²) in [5.74, 6) is 0.984. The van der Waals surface area contributed by atoms with Gasteiger partial charge in [0.25, 0.3) is 0 Å². The highest BCUT2D eigenvalue weighted by atomic mass is 32.2. The molecule has 1 aromatic carbocycles. The molecule has 1 saturated carbocycles. The Morgan fingerprint density at radius 2 is 1.95 bits per heavy atom. The van der Waals surface area contributed by atoms with Gasteiger partial charge in [-0.3, -0.25) is 0 Å². The second-order valence-corrected chi connectivity index (χ2v) is 7.42. The predicted molar refractivity (Wildman–Crippen MR) is 80.9 cm³/mol. The lowest BCUT2D eigenvalue weighted by Crippen LogP contribution is -2.32. The van der Waals surface area contributed by atoms with Crippen LogP contribution in [0.3, 0.4) is 0 Å². The lowest BCUT2D eigenvalue weighted by molar-refractivity contribution is 0.109. The number of nitrogens with one attached hydrogen (secondary N) is 1. The van der Waals surface area contributed by atoms with E-state index in [1.54, 1.807) is 25.3 Å². The monoisotopic (exact) mass is 313 g/mol. The molecule has 0 radical (unpaired) electrons. The van der Waals surface area contributed by atoms with Gasteiger partial charge >= 0.3 is 0 Å². The molecule has 0 aromatic heterocycles. The van der Waals surface area contributed by atoms with Crippen LogP contribution in [-0.2, 0) is 10.0 Å². The molecular formula is C15H23NO4S. The lowest BCUT2D eigenvalue weighted by Gasteiger charge is -2.25. The Hall–Kier alpha value is -1.11. The fourth-order valence-corrected chi connectivity index (χ4v) is 3.88. The second-order valence-electron chi connectivity index (χ2n) is 5.66. The van der Waals surface area contributed by atoms with Crippen molar-refractivity contribution in [2.24, 2.45) is 5.92 Å².